The van der Waals surface area contributed by atoms with Crippen LogP contribution in [0.15, 0.2) is 30.3 Å². The van der Waals surface area contributed by atoms with Gasteiger partial charge in [0.05, 0.1) is 10.2 Å². The van der Waals surface area contributed by atoms with E-state index < -0.39 is 0 Å². The Kier molecular flexibility index (Phi) is 5.43. The molecule has 4 rings (SSSR count). The van der Waals surface area contributed by atoms with Crippen molar-refractivity contribution in [3.63, 3.8) is 0 Å². The predicted octanol–water partition coefficient (Wildman–Crippen LogP) is 4.24. The summed E-state index contributed by atoms with van der Waals surface area (Å²) >= 11 is 1.51. The van der Waals surface area contributed by atoms with Crippen LogP contribution in [0.3, 0.4) is 0 Å². The van der Waals surface area contributed by atoms with E-state index in [0.717, 1.165) is 45.6 Å². The first-order valence-corrected chi connectivity index (χ1v) is 10.5. The van der Waals surface area contributed by atoms with Crippen molar-refractivity contribution in [3.05, 3.63) is 47.0 Å². The first-order valence-electron chi connectivity index (χ1n) is 9.66. The third kappa shape index (κ3) is 4.06. The fraction of sp³-hybridized carbons (Fsp3) is 0.364. The zero-order valence-corrected chi connectivity index (χ0v) is 18.0. The van der Waals surface area contributed by atoms with Crippen LogP contribution in [0.1, 0.15) is 27.9 Å². The van der Waals surface area contributed by atoms with Crippen molar-refractivity contribution in [1.82, 2.24) is 9.88 Å². The number of anilines is 1. The van der Waals surface area contributed by atoms with E-state index in [2.05, 4.69) is 4.90 Å². The number of ether oxygens (including phenoxy) is 2. The molecule has 0 saturated carbocycles. The lowest BCUT2D eigenvalue weighted by Crippen LogP contribution is -2.34. The number of aromatic nitrogens is 1. The van der Waals surface area contributed by atoms with E-state index in [1.807, 2.05) is 63.2 Å². The summed E-state index contributed by atoms with van der Waals surface area (Å²) in [5.41, 5.74) is 3.59. The Balaban J connectivity index is 1.71. The summed E-state index contributed by atoms with van der Waals surface area (Å²) in [6.07, 6.45) is 0.863. The second-order valence-corrected chi connectivity index (χ2v) is 8.61. The van der Waals surface area contributed by atoms with Gasteiger partial charge in [0.15, 0.2) is 16.6 Å². The topological polar surface area (TPSA) is 54.9 Å². The monoisotopic (exact) mass is 411 g/mol. The normalized spacial score (nSPS) is 12.7. The van der Waals surface area contributed by atoms with Crippen molar-refractivity contribution in [2.45, 2.75) is 20.3 Å². The molecule has 0 saturated heterocycles. The standard InChI is InChI=1S/C22H25N3O3S/c1-14-6-7-15(2)16(10-14)21(26)25(9-5-8-24(3)4)22-23-17-11-18-19(28-13-27-18)12-20(17)29-22/h6-7,10-12H,5,8-9,13H2,1-4H3. The Bertz CT molecular complexity index is 1020. The minimum Gasteiger partial charge on any atom is -0.454 e. The molecule has 0 bridgehead atoms. The lowest BCUT2D eigenvalue weighted by atomic mass is 10.0. The number of hydrogen-bond acceptors (Lipinski definition) is 6. The molecule has 0 aliphatic carbocycles. The van der Waals surface area contributed by atoms with Gasteiger partial charge in [-0.2, -0.15) is 0 Å². The first kappa shape index (κ1) is 19.7. The number of hydrogen-bond donors (Lipinski definition) is 0. The van der Waals surface area contributed by atoms with E-state index in [1.54, 1.807) is 0 Å². The molecular formula is C22H25N3O3S. The summed E-state index contributed by atoms with van der Waals surface area (Å²) < 4.78 is 11.9. The van der Waals surface area contributed by atoms with Gasteiger partial charge in [-0.25, -0.2) is 4.98 Å². The van der Waals surface area contributed by atoms with E-state index in [4.69, 9.17) is 14.5 Å². The molecule has 3 aromatic rings. The Morgan fingerprint density at radius 1 is 1.10 bits per heavy atom. The lowest BCUT2D eigenvalue weighted by Gasteiger charge is -2.22. The second-order valence-electron chi connectivity index (χ2n) is 7.60. The van der Waals surface area contributed by atoms with E-state index in [9.17, 15) is 4.79 Å². The molecule has 2 heterocycles. The summed E-state index contributed by atoms with van der Waals surface area (Å²) in [4.78, 5) is 22.2. The van der Waals surface area contributed by atoms with Crippen LogP contribution in [0.5, 0.6) is 11.5 Å². The smallest absolute Gasteiger partial charge is 0.260 e. The van der Waals surface area contributed by atoms with Gasteiger partial charge in [0.1, 0.15) is 0 Å². The predicted molar refractivity (Wildman–Crippen MR) is 117 cm³/mol. The summed E-state index contributed by atoms with van der Waals surface area (Å²) in [6.45, 7) is 5.73. The Labute approximate surface area is 174 Å². The highest BCUT2D eigenvalue weighted by atomic mass is 32.1. The average molecular weight is 412 g/mol. The van der Waals surface area contributed by atoms with Crippen molar-refractivity contribution in [2.24, 2.45) is 0 Å². The highest BCUT2D eigenvalue weighted by Crippen LogP contribution is 2.40. The minimum atomic E-state index is -0.0101. The number of nitrogens with zero attached hydrogens (tertiary/aromatic N) is 3. The Morgan fingerprint density at radius 3 is 2.62 bits per heavy atom. The quantitative estimate of drug-likeness (QED) is 0.607. The molecule has 1 aliphatic rings. The number of thiazole rings is 1. The molecule has 1 aliphatic heterocycles. The molecule has 0 spiro atoms. The van der Waals surface area contributed by atoms with Gasteiger partial charge in [-0.3, -0.25) is 9.69 Å². The summed E-state index contributed by atoms with van der Waals surface area (Å²) in [6, 6.07) is 9.82. The van der Waals surface area contributed by atoms with Crippen LogP contribution in [-0.2, 0) is 0 Å². The van der Waals surface area contributed by atoms with Crippen molar-refractivity contribution in [2.75, 3.05) is 38.9 Å². The fourth-order valence-corrected chi connectivity index (χ4v) is 4.36. The number of carbonyl (C=O) groups is 1. The summed E-state index contributed by atoms with van der Waals surface area (Å²) in [7, 11) is 4.08. The molecule has 2 aromatic carbocycles. The maximum Gasteiger partial charge on any atom is 0.260 e. The molecule has 0 atom stereocenters. The second kappa shape index (κ2) is 8.00. The van der Waals surface area contributed by atoms with Crippen molar-refractivity contribution >= 4 is 32.6 Å². The molecule has 152 valence electrons. The fourth-order valence-electron chi connectivity index (χ4n) is 3.36. The van der Waals surface area contributed by atoms with Gasteiger partial charge in [0.2, 0.25) is 6.79 Å². The minimum absolute atomic E-state index is 0.0101. The number of rotatable bonds is 6. The van der Waals surface area contributed by atoms with Crippen LogP contribution in [0.4, 0.5) is 5.13 Å². The van der Waals surface area contributed by atoms with Crippen LogP contribution in [0.2, 0.25) is 0 Å². The van der Waals surface area contributed by atoms with Gasteiger partial charge < -0.3 is 14.4 Å². The molecule has 7 heteroatoms. The van der Waals surface area contributed by atoms with E-state index >= 15 is 0 Å². The van der Waals surface area contributed by atoms with Crippen LogP contribution in [0, 0.1) is 13.8 Å². The van der Waals surface area contributed by atoms with Gasteiger partial charge in [0, 0.05) is 24.2 Å². The SMILES string of the molecule is Cc1ccc(C)c(C(=O)N(CCCN(C)C)c2nc3cc4c(cc3s2)OCO4)c1. The van der Waals surface area contributed by atoms with Crippen molar-refractivity contribution < 1.29 is 14.3 Å². The van der Waals surface area contributed by atoms with Crippen LogP contribution in [0.25, 0.3) is 10.2 Å². The van der Waals surface area contributed by atoms with Crippen LogP contribution < -0.4 is 14.4 Å². The largest absolute Gasteiger partial charge is 0.454 e. The lowest BCUT2D eigenvalue weighted by molar-refractivity contribution is 0.0985. The number of fused-ring (bicyclic) bond motifs is 2. The zero-order chi connectivity index (χ0) is 20.5. The number of amides is 1. The van der Waals surface area contributed by atoms with Gasteiger partial charge in [-0.05, 0) is 52.5 Å². The first-order chi connectivity index (χ1) is 13.9. The zero-order valence-electron chi connectivity index (χ0n) is 17.2. The number of aryl methyl sites for hydroxylation is 2. The molecule has 0 radical (unpaired) electrons. The van der Waals surface area contributed by atoms with Crippen molar-refractivity contribution in [3.8, 4) is 11.5 Å². The van der Waals surface area contributed by atoms with Gasteiger partial charge in [-0.1, -0.05) is 29.0 Å². The average Bonchev–Trinajstić information content (AvgIpc) is 3.30. The highest BCUT2D eigenvalue weighted by molar-refractivity contribution is 7.22. The molecule has 29 heavy (non-hydrogen) atoms. The molecule has 0 N–H and O–H groups in total. The molecular weight excluding hydrogens is 386 g/mol. The summed E-state index contributed by atoms with van der Waals surface area (Å²) in [5.74, 6) is 1.42. The molecule has 6 nitrogen and oxygen atoms in total. The highest BCUT2D eigenvalue weighted by Gasteiger charge is 2.24. The van der Waals surface area contributed by atoms with Gasteiger partial charge in [0.25, 0.3) is 5.91 Å². The third-order valence-electron chi connectivity index (χ3n) is 4.96. The molecule has 0 unspecified atom stereocenters. The van der Waals surface area contributed by atoms with E-state index in [0.29, 0.717) is 17.4 Å². The molecule has 1 aromatic heterocycles. The Hall–Kier alpha value is -2.64. The Morgan fingerprint density at radius 2 is 1.86 bits per heavy atom. The maximum absolute atomic E-state index is 13.5. The van der Waals surface area contributed by atoms with Crippen LogP contribution >= 0.6 is 11.3 Å². The number of benzene rings is 2. The molecule has 1 amide bonds. The van der Waals surface area contributed by atoms with Crippen LogP contribution in [-0.4, -0.2) is 49.8 Å². The summed E-state index contributed by atoms with van der Waals surface area (Å²) in [5, 5.41) is 0.702. The van der Waals surface area contributed by atoms with E-state index in [-0.39, 0.29) is 12.7 Å². The van der Waals surface area contributed by atoms with Crippen molar-refractivity contribution in [1.29, 1.82) is 0 Å². The number of carbonyl (C=O) groups excluding carboxylic acids is 1. The van der Waals surface area contributed by atoms with Gasteiger partial charge in [-0.15, -0.1) is 0 Å². The van der Waals surface area contributed by atoms with Gasteiger partial charge >= 0.3 is 0 Å². The van der Waals surface area contributed by atoms with E-state index in [1.165, 1.54) is 11.3 Å². The third-order valence-corrected chi connectivity index (χ3v) is 6.00. The molecule has 0 fully saturated rings. The maximum atomic E-state index is 13.5.